The summed E-state index contributed by atoms with van der Waals surface area (Å²) in [6, 6.07) is 13.6. The Morgan fingerprint density at radius 1 is 1.10 bits per heavy atom. The van der Waals surface area contributed by atoms with Gasteiger partial charge in [-0.1, -0.05) is 23.7 Å². The van der Waals surface area contributed by atoms with Crippen LogP contribution >= 0.6 is 11.6 Å². The predicted molar refractivity (Wildman–Crippen MR) is 154 cm³/mol. The lowest BCUT2D eigenvalue weighted by atomic mass is 10.1. The van der Waals surface area contributed by atoms with Gasteiger partial charge in [0.05, 0.1) is 16.7 Å². The smallest absolute Gasteiger partial charge is 0.301 e. The molecule has 1 aliphatic heterocycles. The molecule has 0 bridgehead atoms. The van der Waals surface area contributed by atoms with Gasteiger partial charge in [-0.15, -0.1) is 0 Å². The normalized spacial score (nSPS) is 14.1. The highest BCUT2D eigenvalue weighted by molar-refractivity contribution is 6.30. The van der Waals surface area contributed by atoms with Crippen LogP contribution in [0.3, 0.4) is 0 Å². The van der Waals surface area contributed by atoms with Crippen LogP contribution in [0.4, 0.5) is 24.5 Å². The second kappa shape index (κ2) is 12.2. The number of hydrogen-bond acceptors (Lipinski definition) is 5. The van der Waals surface area contributed by atoms with E-state index in [-0.39, 0.29) is 18.5 Å². The molecule has 1 fully saturated rings. The van der Waals surface area contributed by atoms with Crippen molar-refractivity contribution in [3.63, 3.8) is 0 Å². The molecular weight excluding hydrogens is 541 g/mol. The van der Waals surface area contributed by atoms with Crippen LogP contribution < -0.4 is 15.8 Å². The summed E-state index contributed by atoms with van der Waals surface area (Å²) in [7, 11) is 0. The van der Waals surface area contributed by atoms with Crippen LogP contribution in [-0.4, -0.2) is 59.1 Å². The van der Waals surface area contributed by atoms with Crippen molar-refractivity contribution >= 4 is 34.0 Å². The van der Waals surface area contributed by atoms with Crippen molar-refractivity contribution in [3.8, 4) is 11.4 Å². The molecule has 2 aromatic carbocycles. The number of nitrogens with zero attached hydrogens (tertiary/aromatic N) is 3. The minimum Gasteiger partial charge on any atom is -0.384 e. The molecule has 1 saturated heterocycles. The van der Waals surface area contributed by atoms with Gasteiger partial charge in [0.25, 0.3) is 5.56 Å². The van der Waals surface area contributed by atoms with Gasteiger partial charge in [-0.25, -0.2) is 9.37 Å². The van der Waals surface area contributed by atoms with Gasteiger partial charge in [-0.3, -0.25) is 9.69 Å². The lowest BCUT2D eigenvalue weighted by Crippen LogP contribution is -2.46. The number of anilines is 2. The molecule has 11 heteroatoms. The van der Waals surface area contributed by atoms with Crippen molar-refractivity contribution < 1.29 is 13.2 Å². The van der Waals surface area contributed by atoms with Crippen LogP contribution in [0.5, 0.6) is 0 Å². The number of hydrogen-bond donors (Lipinski definition) is 3. The predicted octanol–water partition coefficient (Wildman–Crippen LogP) is 6.12. The largest absolute Gasteiger partial charge is 0.384 e. The Morgan fingerprint density at radius 2 is 1.90 bits per heavy atom. The summed E-state index contributed by atoms with van der Waals surface area (Å²) in [6.07, 6.45) is -0.168. The second-order valence-corrected chi connectivity index (χ2v) is 10.3. The Balaban J connectivity index is 1.31. The van der Waals surface area contributed by atoms with Crippen LogP contribution in [0, 0.1) is 6.92 Å². The van der Waals surface area contributed by atoms with E-state index in [4.69, 9.17) is 16.6 Å². The number of piperazine rings is 1. The summed E-state index contributed by atoms with van der Waals surface area (Å²) in [5.74, 6) is -0.863. The topological polar surface area (TPSA) is 80.0 Å². The van der Waals surface area contributed by atoms with E-state index in [1.807, 2.05) is 48.2 Å². The number of aryl methyl sites for hydroxylation is 1. The first-order chi connectivity index (χ1) is 19.3. The van der Waals surface area contributed by atoms with Crippen LogP contribution in [0.2, 0.25) is 5.02 Å². The molecule has 2 aromatic heterocycles. The van der Waals surface area contributed by atoms with Gasteiger partial charge in [0.1, 0.15) is 11.4 Å². The van der Waals surface area contributed by atoms with Crippen molar-refractivity contribution in [2.75, 3.05) is 49.5 Å². The molecule has 0 atom stereocenters. The Bertz CT molecular complexity index is 1590. The molecule has 0 saturated carbocycles. The highest BCUT2D eigenvalue weighted by Crippen LogP contribution is 2.30. The van der Waals surface area contributed by atoms with Gasteiger partial charge >= 0.3 is 6.08 Å². The zero-order valence-electron chi connectivity index (χ0n) is 22.0. The number of aromatic amines is 2. The van der Waals surface area contributed by atoms with E-state index >= 15 is 0 Å². The number of imidazole rings is 1. The van der Waals surface area contributed by atoms with Gasteiger partial charge < -0.3 is 20.2 Å². The van der Waals surface area contributed by atoms with Crippen LogP contribution in [0.1, 0.15) is 17.5 Å². The van der Waals surface area contributed by atoms with Crippen molar-refractivity contribution in [2.24, 2.45) is 0 Å². The molecule has 0 amide bonds. The number of rotatable bonds is 9. The molecule has 0 aliphatic carbocycles. The molecule has 3 N–H and O–H groups in total. The first-order valence-corrected chi connectivity index (χ1v) is 13.5. The number of halogens is 4. The zero-order valence-corrected chi connectivity index (χ0v) is 22.8. The summed E-state index contributed by atoms with van der Waals surface area (Å²) in [4.78, 5) is 28.0. The van der Waals surface area contributed by atoms with E-state index in [2.05, 4.69) is 26.3 Å². The molecule has 210 valence electrons. The number of aromatic nitrogens is 3. The third-order valence-electron chi connectivity index (χ3n) is 7.17. The van der Waals surface area contributed by atoms with Crippen molar-refractivity contribution in [2.45, 2.75) is 19.8 Å². The zero-order chi connectivity index (χ0) is 28.2. The molecule has 40 heavy (non-hydrogen) atoms. The maximum atomic E-state index is 13.2. The van der Waals surface area contributed by atoms with E-state index in [1.54, 1.807) is 6.20 Å². The number of nitrogens with one attached hydrogen (secondary N) is 3. The first-order valence-electron chi connectivity index (χ1n) is 13.2. The number of benzene rings is 2. The molecule has 1 aliphatic rings. The van der Waals surface area contributed by atoms with Crippen molar-refractivity contribution in [1.82, 2.24) is 19.9 Å². The number of pyridine rings is 1. The number of H-pyrrole nitrogens is 2. The second-order valence-electron chi connectivity index (χ2n) is 9.89. The minimum absolute atomic E-state index is 0.250. The standard InChI is InChI=1S/C29H30ClF3N6O/c1-18-15-21(39-13-11-38(12-14-39)10-7-22(31)27(32)33)17-24-26(18)37-28(36-24)25-23(6-9-35-29(25)40)34-8-5-19-3-2-4-20(30)16-19/h2-4,6,9,15-17H,5,7-8,10-14H2,1H3,(H,36,37)(H2,34,35,40). The molecule has 0 radical (unpaired) electrons. The summed E-state index contributed by atoms with van der Waals surface area (Å²) < 4.78 is 37.9. The molecule has 5 rings (SSSR count). The van der Waals surface area contributed by atoms with Gasteiger partial charge in [-0.05, 0) is 54.8 Å². The SMILES string of the molecule is Cc1cc(N2CCN(CCC(F)=C(F)F)CC2)cc2[nH]c(-c3c(NCCc4cccc(Cl)c4)cc[nH]c3=O)nc12. The van der Waals surface area contributed by atoms with Gasteiger partial charge in [0.2, 0.25) is 0 Å². The van der Waals surface area contributed by atoms with E-state index in [9.17, 15) is 18.0 Å². The average molecular weight is 571 g/mol. The Kier molecular flexibility index (Phi) is 8.46. The first kappa shape index (κ1) is 27.8. The monoisotopic (exact) mass is 570 g/mol. The highest BCUT2D eigenvalue weighted by Gasteiger charge is 2.21. The van der Waals surface area contributed by atoms with E-state index in [1.165, 1.54) is 0 Å². The maximum Gasteiger partial charge on any atom is 0.301 e. The molecule has 4 aromatic rings. The fourth-order valence-corrected chi connectivity index (χ4v) is 5.26. The van der Waals surface area contributed by atoms with Gasteiger partial charge in [-0.2, -0.15) is 8.78 Å². The average Bonchev–Trinajstić information content (AvgIpc) is 3.36. The van der Waals surface area contributed by atoms with E-state index < -0.39 is 11.9 Å². The van der Waals surface area contributed by atoms with Crippen LogP contribution in [-0.2, 0) is 6.42 Å². The molecule has 0 spiro atoms. The fraction of sp³-hybridized carbons (Fsp3) is 0.310. The molecular formula is C29H30ClF3N6O. The van der Waals surface area contributed by atoms with Crippen molar-refractivity contribution in [1.29, 1.82) is 0 Å². The fourth-order valence-electron chi connectivity index (χ4n) is 5.05. The third kappa shape index (κ3) is 6.34. The van der Waals surface area contributed by atoms with Gasteiger partial charge in [0.15, 0.2) is 5.83 Å². The Labute approximate surface area is 234 Å². The van der Waals surface area contributed by atoms with Crippen LogP contribution in [0.15, 0.2) is 65.4 Å². The minimum atomic E-state index is -2.24. The lowest BCUT2D eigenvalue weighted by Gasteiger charge is -2.36. The molecule has 7 nitrogen and oxygen atoms in total. The Hall–Kier alpha value is -3.76. The molecule has 0 unspecified atom stereocenters. The summed E-state index contributed by atoms with van der Waals surface area (Å²) in [6.45, 7) is 5.53. The van der Waals surface area contributed by atoms with E-state index in [0.717, 1.165) is 34.3 Å². The van der Waals surface area contributed by atoms with E-state index in [0.29, 0.717) is 54.8 Å². The summed E-state index contributed by atoms with van der Waals surface area (Å²) in [5.41, 5.74) is 5.51. The number of fused-ring (bicyclic) bond motifs is 1. The quantitative estimate of drug-likeness (QED) is 0.226. The van der Waals surface area contributed by atoms with Crippen LogP contribution in [0.25, 0.3) is 22.4 Å². The lowest BCUT2D eigenvalue weighted by molar-refractivity contribution is 0.250. The highest BCUT2D eigenvalue weighted by atomic mass is 35.5. The Morgan fingerprint density at radius 3 is 2.65 bits per heavy atom. The maximum absolute atomic E-state index is 13.2. The summed E-state index contributed by atoms with van der Waals surface area (Å²) in [5, 5.41) is 4.05. The van der Waals surface area contributed by atoms with Crippen molar-refractivity contribution in [3.05, 3.63) is 87.1 Å². The van der Waals surface area contributed by atoms with Gasteiger partial charge in [0, 0.05) is 62.6 Å². The molecule has 3 heterocycles. The summed E-state index contributed by atoms with van der Waals surface area (Å²) >= 11 is 6.10. The third-order valence-corrected chi connectivity index (χ3v) is 7.40.